The number of hydrogen-bond acceptors (Lipinski definition) is 3. The van der Waals surface area contributed by atoms with Crippen LogP contribution in [-0.2, 0) is 16.0 Å². The Labute approximate surface area is 122 Å². The lowest BCUT2D eigenvalue weighted by Gasteiger charge is -2.25. The van der Waals surface area contributed by atoms with E-state index in [1.54, 1.807) is 16.7 Å². The average molecular weight is 291 g/mol. The second-order valence-corrected chi connectivity index (χ2v) is 6.74. The number of carboxylic acid groups (broad SMARTS) is 1. The van der Waals surface area contributed by atoms with Crippen LogP contribution in [0.1, 0.15) is 18.9 Å². The Bertz CT molecular complexity index is 535. The van der Waals surface area contributed by atoms with E-state index >= 15 is 0 Å². The van der Waals surface area contributed by atoms with E-state index < -0.39 is 12.0 Å². The summed E-state index contributed by atoms with van der Waals surface area (Å²) in [5, 5.41) is 9.15. The summed E-state index contributed by atoms with van der Waals surface area (Å²) in [6, 6.07) is 7.35. The van der Waals surface area contributed by atoms with Crippen molar-refractivity contribution < 1.29 is 14.7 Å². The third-order valence-electron chi connectivity index (χ3n) is 4.16. The minimum absolute atomic E-state index is 0.0250. The van der Waals surface area contributed by atoms with Crippen LogP contribution >= 0.6 is 11.8 Å². The van der Waals surface area contributed by atoms with Crippen molar-refractivity contribution in [1.82, 2.24) is 4.90 Å². The number of hydrogen-bond donors (Lipinski definition) is 1. The summed E-state index contributed by atoms with van der Waals surface area (Å²) >= 11 is 1.56. The molecule has 4 nitrogen and oxygen atoms in total. The number of thioether (sulfide) groups is 1. The minimum Gasteiger partial charge on any atom is -0.480 e. The maximum atomic E-state index is 12.6. The van der Waals surface area contributed by atoms with Gasteiger partial charge in [0.1, 0.15) is 6.04 Å². The third kappa shape index (κ3) is 2.20. The minimum atomic E-state index is -0.885. The molecule has 20 heavy (non-hydrogen) atoms. The number of aliphatic carboxylic acids is 1. The molecule has 2 heterocycles. The van der Waals surface area contributed by atoms with Crippen molar-refractivity contribution in [3.8, 4) is 0 Å². The molecule has 3 atom stereocenters. The van der Waals surface area contributed by atoms with Crippen LogP contribution < -0.4 is 0 Å². The molecule has 0 aliphatic carbocycles. The Hall–Kier alpha value is -1.49. The molecule has 0 bridgehead atoms. The number of amides is 1. The lowest BCUT2D eigenvalue weighted by molar-refractivity contribution is -0.149. The predicted molar refractivity (Wildman–Crippen MR) is 76.7 cm³/mol. The van der Waals surface area contributed by atoms with Gasteiger partial charge in [-0.2, -0.15) is 0 Å². The highest BCUT2D eigenvalue weighted by molar-refractivity contribution is 8.01. The van der Waals surface area contributed by atoms with Gasteiger partial charge in [-0.25, -0.2) is 4.79 Å². The van der Waals surface area contributed by atoms with Gasteiger partial charge in [-0.1, -0.05) is 25.1 Å². The van der Waals surface area contributed by atoms with Gasteiger partial charge in [-0.3, -0.25) is 4.79 Å². The quantitative estimate of drug-likeness (QED) is 0.906. The monoisotopic (exact) mass is 291 g/mol. The largest absolute Gasteiger partial charge is 0.480 e. The molecule has 0 spiro atoms. The van der Waals surface area contributed by atoms with Crippen molar-refractivity contribution in [2.24, 2.45) is 5.92 Å². The van der Waals surface area contributed by atoms with Crippen molar-refractivity contribution in [1.29, 1.82) is 0 Å². The summed E-state index contributed by atoms with van der Waals surface area (Å²) in [7, 11) is 0. The van der Waals surface area contributed by atoms with Crippen molar-refractivity contribution >= 4 is 23.6 Å². The van der Waals surface area contributed by atoms with Crippen LogP contribution in [0.2, 0.25) is 0 Å². The fourth-order valence-electron chi connectivity index (χ4n) is 3.08. The topological polar surface area (TPSA) is 57.6 Å². The van der Waals surface area contributed by atoms with Gasteiger partial charge in [0, 0.05) is 11.4 Å². The predicted octanol–water partition coefficient (Wildman–Crippen LogP) is 2.02. The van der Waals surface area contributed by atoms with Crippen LogP contribution in [-0.4, -0.2) is 39.7 Å². The van der Waals surface area contributed by atoms with E-state index in [1.807, 2.05) is 31.2 Å². The fraction of sp³-hybridized carbons (Fsp3) is 0.467. The van der Waals surface area contributed by atoms with E-state index in [1.165, 1.54) is 5.56 Å². The molecular weight excluding hydrogens is 274 g/mol. The molecule has 1 saturated heterocycles. The van der Waals surface area contributed by atoms with Crippen LogP contribution in [0.3, 0.4) is 0 Å². The zero-order valence-corrected chi connectivity index (χ0v) is 12.1. The number of fused-ring (bicyclic) bond motifs is 1. The molecule has 0 radical (unpaired) electrons. The van der Waals surface area contributed by atoms with Crippen molar-refractivity contribution in [2.45, 2.75) is 36.0 Å². The summed E-state index contributed by atoms with van der Waals surface area (Å²) < 4.78 is 0. The molecule has 3 unspecified atom stereocenters. The van der Waals surface area contributed by atoms with Crippen molar-refractivity contribution in [3.05, 3.63) is 29.8 Å². The lowest BCUT2D eigenvalue weighted by Crippen LogP contribution is -2.46. The smallest absolute Gasteiger partial charge is 0.326 e. The van der Waals surface area contributed by atoms with Crippen LogP contribution in [0.4, 0.5) is 0 Å². The maximum Gasteiger partial charge on any atom is 0.326 e. The van der Waals surface area contributed by atoms with E-state index in [9.17, 15) is 14.7 Å². The molecule has 5 heteroatoms. The molecular formula is C15H17NO3S. The molecule has 1 fully saturated rings. The number of carbonyl (C=O) groups excluding carboxylic acids is 1. The highest BCUT2D eigenvalue weighted by atomic mass is 32.2. The van der Waals surface area contributed by atoms with Gasteiger partial charge in [0.2, 0.25) is 5.91 Å². The third-order valence-corrected chi connectivity index (χ3v) is 5.46. The Morgan fingerprint density at radius 3 is 2.80 bits per heavy atom. The normalized spacial score (nSPS) is 28.4. The second kappa shape index (κ2) is 5.13. The average Bonchev–Trinajstić information content (AvgIpc) is 3.00. The lowest BCUT2D eigenvalue weighted by atomic mass is 10.0. The molecule has 1 amide bonds. The van der Waals surface area contributed by atoms with Gasteiger partial charge >= 0.3 is 5.97 Å². The highest BCUT2D eigenvalue weighted by Gasteiger charge is 2.42. The number of benzene rings is 1. The number of rotatable bonds is 2. The van der Waals surface area contributed by atoms with Gasteiger partial charge in [-0.05, 0) is 30.4 Å². The van der Waals surface area contributed by atoms with Gasteiger partial charge in [0.05, 0.1) is 5.25 Å². The summed E-state index contributed by atoms with van der Waals surface area (Å²) in [5.41, 5.74) is 1.19. The zero-order chi connectivity index (χ0) is 14.3. The number of carboxylic acids is 1. The molecule has 2 aliphatic rings. The number of carbonyl (C=O) groups is 2. The molecule has 2 aliphatic heterocycles. The number of likely N-dealkylation sites (tertiary alicyclic amines) is 1. The summed E-state index contributed by atoms with van der Waals surface area (Å²) in [6.45, 7) is 2.47. The SMILES string of the molecule is CC1CCN(C(=O)C2Cc3ccccc3S2)C1C(=O)O. The van der Waals surface area contributed by atoms with E-state index in [2.05, 4.69) is 0 Å². The molecule has 1 aromatic rings. The van der Waals surface area contributed by atoms with Gasteiger partial charge in [0.25, 0.3) is 0 Å². The van der Waals surface area contributed by atoms with E-state index in [4.69, 9.17) is 0 Å². The highest BCUT2D eigenvalue weighted by Crippen LogP contribution is 2.39. The van der Waals surface area contributed by atoms with E-state index in [-0.39, 0.29) is 17.1 Å². The van der Waals surface area contributed by atoms with Crippen LogP contribution in [0.5, 0.6) is 0 Å². The molecule has 3 rings (SSSR count). The Morgan fingerprint density at radius 2 is 2.10 bits per heavy atom. The van der Waals surface area contributed by atoms with Gasteiger partial charge in [-0.15, -0.1) is 11.8 Å². The first kappa shape index (κ1) is 13.5. The maximum absolute atomic E-state index is 12.6. The Balaban J connectivity index is 1.76. The summed E-state index contributed by atoms with van der Waals surface area (Å²) in [5.74, 6) is -0.878. The summed E-state index contributed by atoms with van der Waals surface area (Å²) in [4.78, 5) is 26.7. The Morgan fingerprint density at radius 1 is 1.35 bits per heavy atom. The molecule has 106 valence electrons. The van der Waals surface area contributed by atoms with Crippen LogP contribution in [0.25, 0.3) is 0 Å². The summed E-state index contributed by atoms with van der Waals surface area (Å²) in [6.07, 6.45) is 1.48. The standard InChI is InChI=1S/C15H17NO3S/c1-9-6-7-16(13(9)15(18)19)14(17)12-8-10-4-2-3-5-11(10)20-12/h2-5,9,12-13H,6-8H2,1H3,(H,18,19). The molecule has 1 N–H and O–H groups in total. The van der Waals surface area contributed by atoms with Gasteiger partial charge < -0.3 is 10.0 Å². The van der Waals surface area contributed by atoms with E-state index in [0.29, 0.717) is 13.0 Å². The molecule has 1 aromatic carbocycles. The van der Waals surface area contributed by atoms with E-state index in [0.717, 1.165) is 11.3 Å². The Kier molecular flexibility index (Phi) is 3.46. The molecule has 0 aromatic heterocycles. The van der Waals surface area contributed by atoms with Gasteiger partial charge in [0.15, 0.2) is 0 Å². The fourth-order valence-corrected chi connectivity index (χ4v) is 4.34. The van der Waals surface area contributed by atoms with Crippen LogP contribution in [0, 0.1) is 5.92 Å². The zero-order valence-electron chi connectivity index (χ0n) is 11.3. The van der Waals surface area contributed by atoms with Crippen molar-refractivity contribution in [3.63, 3.8) is 0 Å². The molecule has 0 saturated carbocycles. The number of nitrogens with zero attached hydrogens (tertiary/aromatic N) is 1. The first-order valence-electron chi connectivity index (χ1n) is 6.86. The van der Waals surface area contributed by atoms with Crippen LogP contribution in [0.15, 0.2) is 29.2 Å². The second-order valence-electron chi connectivity index (χ2n) is 5.50. The first-order chi connectivity index (χ1) is 9.58. The first-order valence-corrected chi connectivity index (χ1v) is 7.73. The van der Waals surface area contributed by atoms with Crippen molar-refractivity contribution in [2.75, 3.05) is 6.54 Å².